The number of aliphatic hydroxyl groups excluding tert-OH is 1. The number of aliphatic hydroxyl groups is 1. The van der Waals surface area contributed by atoms with Gasteiger partial charge in [-0.1, -0.05) is 6.92 Å². The van der Waals surface area contributed by atoms with E-state index in [1.54, 1.807) is 0 Å². The van der Waals surface area contributed by atoms with Crippen LogP contribution in [0, 0.1) is 12.8 Å². The Labute approximate surface area is 126 Å². The summed E-state index contributed by atoms with van der Waals surface area (Å²) in [6.45, 7) is 10.8. The molecule has 118 valence electrons. The predicted molar refractivity (Wildman–Crippen MR) is 80.9 cm³/mol. The minimum atomic E-state index is -0.269. The molecular formula is C15H27N5O. The summed E-state index contributed by atoms with van der Waals surface area (Å²) >= 11 is 0. The molecular weight excluding hydrogens is 266 g/mol. The molecule has 0 radical (unpaired) electrons. The molecule has 0 amide bonds. The van der Waals surface area contributed by atoms with Gasteiger partial charge in [0.2, 0.25) is 0 Å². The number of hydrogen-bond donors (Lipinski definition) is 1. The van der Waals surface area contributed by atoms with Crippen molar-refractivity contribution in [2.75, 3.05) is 32.7 Å². The highest BCUT2D eigenvalue weighted by atomic mass is 16.3. The highest BCUT2D eigenvalue weighted by molar-refractivity contribution is 4.97. The van der Waals surface area contributed by atoms with Crippen LogP contribution in [0.1, 0.15) is 31.4 Å². The smallest absolute Gasteiger partial charge is 0.147 e. The average Bonchev–Trinajstić information content (AvgIpc) is 2.82. The number of aromatic nitrogens is 3. The molecule has 0 spiro atoms. The predicted octanol–water partition coefficient (Wildman–Crippen LogP) is 0.495. The molecule has 21 heavy (non-hydrogen) atoms. The molecule has 1 N–H and O–H groups in total. The van der Waals surface area contributed by atoms with Gasteiger partial charge >= 0.3 is 0 Å². The van der Waals surface area contributed by atoms with Gasteiger partial charge in [0.25, 0.3) is 0 Å². The van der Waals surface area contributed by atoms with E-state index in [4.69, 9.17) is 0 Å². The van der Waals surface area contributed by atoms with Gasteiger partial charge in [0.15, 0.2) is 0 Å². The molecule has 6 nitrogen and oxygen atoms in total. The normalized spacial score (nSPS) is 23.2. The van der Waals surface area contributed by atoms with Crippen molar-refractivity contribution in [2.45, 2.75) is 45.9 Å². The third-order valence-corrected chi connectivity index (χ3v) is 4.83. The van der Waals surface area contributed by atoms with Gasteiger partial charge in [-0.2, -0.15) is 0 Å². The van der Waals surface area contributed by atoms with E-state index < -0.39 is 0 Å². The van der Waals surface area contributed by atoms with Crippen LogP contribution in [0.15, 0.2) is 0 Å². The highest BCUT2D eigenvalue weighted by Gasteiger charge is 2.23. The largest absolute Gasteiger partial charge is 0.390 e. The lowest BCUT2D eigenvalue weighted by Gasteiger charge is -2.34. The Kier molecular flexibility index (Phi) is 4.57. The van der Waals surface area contributed by atoms with E-state index >= 15 is 0 Å². The fourth-order valence-electron chi connectivity index (χ4n) is 3.41. The molecule has 1 saturated heterocycles. The molecule has 0 unspecified atom stereocenters. The first-order chi connectivity index (χ1) is 10.1. The van der Waals surface area contributed by atoms with Crippen molar-refractivity contribution in [1.82, 2.24) is 24.6 Å². The Morgan fingerprint density at radius 3 is 2.57 bits per heavy atom. The van der Waals surface area contributed by atoms with Crippen LogP contribution < -0.4 is 0 Å². The van der Waals surface area contributed by atoms with Crippen LogP contribution in [0.25, 0.3) is 0 Å². The molecule has 3 heterocycles. The number of likely N-dealkylation sites (tertiary alicyclic amines) is 1. The number of hydrogen-bond acceptors (Lipinski definition) is 5. The molecule has 2 aliphatic rings. The van der Waals surface area contributed by atoms with Crippen LogP contribution in [0.4, 0.5) is 0 Å². The van der Waals surface area contributed by atoms with Gasteiger partial charge in [0.1, 0.15) is 11.6 Å². The van der Waals surface area contributed by atoms with Crippen molar-refractivity contribution in [3.63, 3.8) is 0 Å². The number of fused-ring (bicyclic) bond motifs is 1. The standard InChI is InChI=1S/C15H27N5O/c1-12-3-5-18(6-4-12)9-14(21)10-19-7-8-20-13(2)16-17-15(20)11-19/h12,14,21H,3-11H2,1-2H3/t14-/m1/s1. The summed E-state index contributed by atoms with van der Waals surface area (Å²) in [5.41, 5.74) is 0. The van der Waals surface area contributed by atoms with E-state index in [9.17, 15) is 5.11 Å². The summed E-state index contributed by atoms with van der Waals surface area (Å²) in [6, 6.07) is 0. The van der Waals surface area contributed by atoms with Crippen molar-refractivity contribution in [1.29, 1.82) is 0 Å². The Balaban J connectivity index is 1.46. The quantitative estimate of drug-likeness (QED) is 0.876. The lowest BCUT2D eigenvalue weighted by Crippen LogP contribution is -2.45. The van der Waals surface area contributed by atoms with Crippen LogP contribution in [0.2, 0.25) is 0 Å². The summed E-state index contributed by atoms with van der Waals surface area (Å²) in [6.07, 6.45) is 2.26. The molecule has 1 fully saturated rings. The van der Waals surface area contributed by atoms with Crippen molar-refractivity contribution >= 4 is 0 Å². The first-order valence-corrected chi connectivity index (χ1v) is 8.13. The van der Waals surface area contributed by atoms with Crippen molar-refractivity contribution in [3.8, 4) is 0 Å². The SMILES string of the molecule is Cc1nnc2n1CCN(C[C@H](O)CN1CCC(C)CC1)C2. The Morgan fingerprint density at radius 1 is 1.10 bits per heavy atom. The second kappa shape index (κ2) is 6.42. The fourth-order valence-corrected chi connectivity index (χ4v) is 3.41. The van der Waals surface area contributed by atoms with Gasteiger partial charge < -0.3 is 14.6 Å². The van der Waals surface area contributed by atoms with Crippen LogP contribution in [-0.4, -0.2) is 68.5 Å². The number of nitrogens with zero attached hydrogens (tertiary/aromatic N) is 5. The molecule has 0 saturated carbocycles. The summed E-state index contributed by atoms with van der Waals surface area (Å²) in [7, 11) is 0. The topological polar surface area (TPSA) is 57.4 Å². The third-order valence-electron chi connectivity index (χ3n) is 4.83. The maximum atomic E-state index is 10.3. The molecule has 6 heteroatoms. The minimum absolute atomic E-state index is 0.269. The molecule has 0 bridgehead atoms. The Bertz CT molecular complexity index is 467. The first kappa shape index (κ1) is 14.9. The zero-order valence-electron chi connectivity index (χ0n) is 13.2. The zero-order valence-corrected chi connectivity index (χ0v) is 13.2. The number of rotatable bonds is 4. The molecule has 0 aromatic carbocycles. The van der Waals surface area contributed by atoms with E-state index in [1.807, 2.05) is 6.92 Å². The van der Waals surface area contributed by atoms with Gasteiger partial charge in [-0.15, -0.1) is 10.2 Å². The Morgan fingerprint density at radius 2 is 1.81 bits per heavy atom. The molecule has 1 atom stereocenters. The highest BCUT2D eigenvalue weighted by Crippen LogP contribution is 2.17. The van der Waals surface area contributed by atoms with Crippen molar-refractivity contribution in [3.05, 3.63) is 11.6 Å². The van der Waals surface area contributed by atoms with Gasteiger partial charge in [0.05, 0.1) is 12.6 Å². The van der Waals surface area contributed by atoms with E-state index in [-0.39, 0.29) is 6.10 Å². The minimum Gasteiger partial charge on any atom is -0.390 e. The molecule has 0 aliphatic carbocycles. The van der Waals surface area contributed by atoms with Crippen LogP contribution in [0.5, 0.6) is 0 Å². The lowest BCUT2D eigenvalue weighted by atomic mass is 9.99. The molecule has 1 aromatic rings. The zero-order chi connectivity index (χ0) is 14.8. The van der Waals surface area contributed by atoms with Crippen LogP contribution in [-0.2, 0) is 13.1 Å². The monoisotopic (exact) mass is 293 g/mol. The van der Waals surface area contributed by atoms with Gasteiger partial charge in [0, 0.05) is 26.2 Å². The lowest BCUT2D eigenvalue weighted by molar-refractivity contribution is 0.0530. The van der Waals surface area contributed by atoms with Gasteiger partial charge in [-0.25, -0.2) is 0 Å². The number of piperidine rings is 1. The summed E-state index contributed by atoms with van der Waals surface area (Å²) in [4.78, 5) is 4.70. The number of β-amino-alcohol motifs (C(OH)–C–C–N with tert-alkyl or cyclic N) is 1. The van der Waals surface area contributed by atoms with E-state index in [2.05, 4.69) is 31.5 Å². The van der Waals surface area contributed by atoms with Crippen molar-refractivity contribution < 1.29 is 5.11 Å². The second-order valence-electron chi connectivity index (χ2n) is 6.69. The molecule has 3 rings (SSSR count). The number of aryl methyl sites for hydroxylation is 1. The van der Waals surface area contributed by atoms with E-state index in [0.717, 1.165) is 63.4 Å². The van der Waals surface area contributed by atoms with Crippen LogP contribution >= 0.6 is 0 Å². The fraction of sp³-hybridized carbons (Fsp3) is 0.867. The van der Waals surface area contributed by atoms with Crippen molar-refractivity contribution in [2.24, 2.45) is 5.92 Å². The summed E-state index contributed by atoms with van der Waals surface area (Å²) in [5.74, 6) is 2.86. The third kappa shape index (κ3) is 3.62. The Hall–Kier alpha value is -0.980. The first-order valence-electron chi connectivity index (χ1n) is 8.13. The summed E-state index contributed by atoms with van der Waals surface area (Å²) in [5, 5.41) is 18.7. The van der Waals surface area contributed by atoms with Gasteiger partial charge in [-0.3, -0.25) is 4.90 Å². The van der Waals surface area contributed by atoms with Gasteiger partial charge in [-0.05, 0) is 38.8 Å². The maximum absolute atomic E-state index is 10.3. The molecule has 1 aromatic heterocycles. The van der Waals surface area contributed by atoms with E-state index in [0.29, 0.717) is 0 Å². The second-order valence-corrected chi connectivity index (χ2v) is 6.69. The maximum Gasteiger partial charge on any atom is 0.147 e. The summed E-state index contributed by atoms with van der Waals surface area (Å²) < 4.78 is 2.18. The van der Waals surface area contributed by atoms with Crippen LogP contribution in [0.3, 0.4) is 0 Å². The van der Waals surface area contributed by atoms with E-state index in [1.165, 1.54) is 12.8 Å². The molecule has 2 aliphatic heterocycles. The average molecular weight is 293 g/mol.